The molecule has 11 heteroatoms. The fraction of sp³-hybridized carbons (Fsp3) is 0.480. The van der Waals surface area contributed by atoms with Crippen molar-refractivity contribution in [3.8, 4) is 0 Å². The zero-order valence-corrected chi connectivity index (χ0v) is 19.3. The summed E-state index contributed by atoms with van der Waals surface area (Å²) in [5.74, 6) is -1.80. The molecule has 4 nitrogen and oxygen atoms in total. The molecule has 1 aliphatic carbocycles. The monoisotopic (exact) mass is 521 g/mol. The molecule has 0 bridgehead atoms. The predicted molar refractivity (Wildman–Crippen MR) is 117 cm³/mol. The van der Waals surface area contributed by atoms with Crippen molar-refractivity contribution in [2.75, 3.05) is 13.1 Å². The number of hydrogen-bond donors (Lipinski definition) is 2. The van der Waals surface area contributed by atoms with Gasteiger partial charge in [0.2, 0.25) is 0 Å². The Morgan fingerprint density at radius 2 is 1.61 bits per heavy atom. The van der Waals surface area contributed by atoms with Gasteiger partial charge >= 0.3 is 18.3 Å². The minimum Gasteiger partial charge on any atom is -0.481 e. The first-order chi connectivity index (χ1) is 16.8. The molecule has 0 saturated heterocycles. The van der Waals surface area contributed by atoms with Crippen LogP contribution < -0.4 is 5.32 Å². The number of alkyl halides is 6. The van der Waals surface area contributed by atoms with Gasteiger partial charge in [-0.2, -0.15) is 26.3 Å². The van der Waals surface area contributed by atoms with Crippen molar-refractivity contribution in [1.29, 1.82) is 0 Å². The third kappa shape index (κ3) is 7.19. The molecule has 2 aromatic rings. The lowest BCUT2D eigenvalue weighted by Gasteiger charge is -2.29. The molecule has 0 aromatic heterocycles. The molecular weight excluding hydrogens is 495 g/mol. The summed E-state index contributed by atoms with van der Waals surface area (Å²) in [6.07, 6.45) is -10.6. The molecule has 0 heterocycles. The van der Waals surface area contributed by atoms with Crippen molar-refractivity contribution in [3.63, 3.8) is 0 Å². The largest absolute Gasteiger partial charge is 0.481 e. The molecule has 1 aliphatic rings. The number of halogens is 7. The number of carbonyl (C=O) groups is 1. The van der Waals surface area contributed by atoms with Crippen LogP contribution >= 0.6 is 0 Å². The predicted octanol–water partition coefficient (Wildman–Crippen LogP) is 6.57. The number of aliphatic carboxylic acids is 1. The van der Waals surface area contributed by atoms with Crippen molar-refractivity contribution in [1.82, 2.24) is 5.32 Å². The van der Waals surface area contributed by atoms with Crippen LogP contribution in [0.25, 0.3) is 0 Å². The maximum absolute atomic E-state index is 13.5. The fourth-order valence-corrected chi connectivity index (χ4v) is 4.63. The van der Waals surface area contributed by atoms with E-state index < -0.39 is 47.5 Å². The van der Waals surface area contributed by atoms with Gasteiger partial charge in [0, 0.05) is 12.5 Å². The number of rotatable bonds is 9. The van der Waals surface area contributed by atoms with E-state index in [1.807, 2.05) is 0 Å². The van der Waals surface area contributed by atoms with E-state index in [1.165, 1.54) is 19.1 Å². The Kier molecular flexibility index (Phi) is 8.66. The van der Waals surface area contributed by atoms with Crippen LogP contribution in [-0.2, 0) is 21.9 Å². The molecule has 0 aliphatic heterocycles. The number of carboxylic acid groups (broad SMARTS) is 1. The first-order valence-electron chi connectivity index (χ1n) is 11.4. The average molecular weight is 521 g/mol. The standard InChI is InChI=1S/C25H26F7NO3/c1-14(17-10-18(24(27,28)29)12-19(11-17)25(30,31)32)36-21-7-4-16(13-33-9-8-22(34)35)23(21)15-2-5-20(26)6-3-15/h2-3,5-6,10-12,14,16,21,23,33H,4,7-9,13H2,1H3,(H,34,35). The molecule has 1 saturated carbocycles. The van der Waals surface area contributed by atoms with Gasteiger partial charge in [-0.3, -0.25) is 4.79 Å². The summed E-state index contributed by atoms with van der Waals surface area (Å²) in [7, 11) is 0. The van der Waals surface area contributed by atoms with Gasteiger partial charge < -0.3 is 15.2 Å². The van der Waals surface area contributed by atoms with E-state index in [2.05, 4.69) is 5.32 Å². The van der Waals surface area contributed by atoms with Crippen molar-refractivity contribution in [2.45, 2.75) is 56.7 Å². The van der Waals surface area contributed by atoms with Gasteiger partial charge in [0.1, 0.15) is 5.82 Å². The highest BCUT2D eigenvalue weighted by Gasteiger charge is 2.40. The molecule has 4 atom stereocenters. The summed E-state index contributed by atoms with van der Waals surface area (Å²) in [5, 5.41) is 11.9. The van der Waals surface area contributed by atoms with Gasteiger partial charge in [0.15, 0.2) is 0 Å². The highest BCUT2D eigenvalue weighted by Crippen LogP contribution is 2.44. The van der Waals surface area contributed by atoms with Crippen LogP contribution in [0.3, 0.4) is 0 Å². The lowest BCUT2D eigenvalue weighted by Crippen LogP contribution is -2.30. The zero-order valence-electron chi connectivity index (χ0n) is 19.3. The maximum Gasteiger partial charge on any atom is 0.416 e. The van der Waals surface area contributed by atoms with Crippen LogP contribution in [0.15, 0.2) is 42.5 Å². The summed E-state index contributed by atoms with van der Waals surface area (Å²) in [4.78, 5) is 10.8. The molecule has 36 heavy (non-hydrogen) atoms. The molecule has 4 unspecified atom stereocenters. The Hall–Kier alpha value is -2.66. The lowest BCUT2D eigenvalue weighted by molar-refractivity contribution is -0.143. The Bertz CT molecular complexity index is 1010. The van der Waals surface area contributed by atoms with E-state index in [0.29, 0.717) is 31.5 Å². The summed E-state index contributed by atoms with van der Waals surface area (Å²) in [6.45, 7) is 2.05. The Labute approximate surface area is 203 Å². The van der Waals surface area contributed by atoms with Crippen LogP contribution in [0.2, 0.25) is 0 Å². The number of carboxylic acids is 1. The van der Waals surface area contributed by atoms with Crippen molar-refractivity contribution < 1.29 is 45.4 Å². The minimum atomic E-state index is -4.97. The number of nitrogens with one attached hydrogen (secondary N) is 1. The molecule has 3 rings (SSSR count). The van der Waals surface area contributed by atoms with Crippen LogP contribution in [0.1, 0.15) is 60.5 Å². The summed E-state index contributed by atoms with van der Waals surface area (Å²) >= 11 is 0. The summed E-state index contributed by atoms with van der Waals surface area (Å²) in [5.41, 5.74) is -2.36. The molecular formula is C25H26F7NO3. The Morgan fingerprint density at radius 1 is 1.03 bits per heavy atom. The van der Waals surface area contributed by atoms with E-state index >= 15 is 0 Å². The van der Waals surface area contributed by atoms with E-state index in [-0.39, 0.29) is 36.4 Å². The Balaban J connectivity index is 1.85. The quantitative estimate of drug-likeness (QED) is 0.290. The fourth-order valence-electron chi connectivity index (χ4n) is 4.63. The second kappa shape index (κ2) is 11.2. The maximum atomic E-state index is 13.5. The molecule has 2 N–H and O–H groups in total. The van der Waals surface area contributed by atoms with Crippen molar-refractivity contribution in [2.24, 2.45) is 5.92 Å². The first-order valence-corrected chi connectivity index (χ1v) is 11.4. The molecule has 2 aromatic carbocycles. The van der Waals surface area contributed by atoms with Gasteiger partial charge in [0.25, 0.3) is 0 Å². The number of benzene rings is 2. The lowest BCUT2D eigenvalue weighted by atomic mass is 9.87. The van der Waals surface area contributed by atoms with Crippen molar-refractivity contribution in [3.05, 3.63) is 70.5 Å². The summed E-state index contributed by atoms with van der Waals surface area (Å²) in [6, 6.07) is 7.08. The third-order valence-electron chi connectivity index (χ3n) is 6.37. The van der Waals surface area contributed by atoms with Gasteiger partial charge in [-0.05, 0) is 73.7 Å². The van der Waals surface area contributed by atoms with Crippen LogP contribution in [-0.4, -0.2) is 30.3 Å². The topological polar surface area (TPSA) is 58.6 Å². The average Bonchev–Trinajstić information content (AvgIpc) is 3.17. The molecule has 1 fully saturated rings. The Morgan fingerprint density at radius 3 is 2.14 bits per heavy atom. The molecule has 0 amide bonds. The number of ether oxygens (including phenoxy) is 1. The van der Waals surface area contributed by atoms with E-state index in [0.717, 1.165) is 5.56 Å². The zero-order chi connectivity index (χ0) is 26.7. The summed E-state index contributed by atoms with van der Waals surface area (Å²) < 4.78 is 99.3. The first kappa shape index (κ1) is 27.9. The second-order valence-electron chi connectivity index (χ2n) is 8.92. The minimum absolute atomic E-state index is 0.0614. The van der Waals surface area contributed by atoms with Gasteiger partial charge in [0.05, 0.1) is 29.8 Å². The van der Waals surface area contributed by atoms with Crippen LogP contribution in [0.5, 0.6) is 0 Å². The molecule has 198 valence electrons. The van der Waals surface area contributed by atoms with Gasteiger partial charge in [-0.15, -0.1) is 0 Å². The van der Waals surface area contributed by atoms with Crippen molar-refractivity contribution >= 4 is 5.97 Å². The highest BCUT2D eigenvalue weighted by atomic mass is 19.4. The third-order valence-corrected chi connectivity index (χ3v) is 6.37. The normalized spacial score (nSPS) is 21.5. The van der Waals surface area contributed by atoms with E-state index in [1.54, 1.807) is 12.1 Å². The molecule has 0 spiro atoms. The van der Waals surface area contributed by atoms with Crippen LogP contribution in [0, 0.1) is 11.7 Å². The smallest absolute Gasteiger partial charge is 0.416 e. The van der Waals surface area contributed by atoms with Crippen LogP contribution in [0.4, 0.5) is 30.7 Å². The van der Waals surface area contributed by atoms with E-state index in [4.69, 9.17) is 9.84 Å². The highest BCUT2D eigenvalue weighted by molar-refractivity contribution is 5.66. The van der Waals surface area contributed by atoms with E-state index in [9.17, 15) is 35.5 Å². The SMILES string of the molecule is CC(OC1CCC(CNCCC(=O)O)C1c1ccc(F)cc1)c1cc(C(F)(F)F)cc(C(F)(F)F)c1. The number of hydrogen-bond acceptors (Lipinski definition) is 3. The van der Waals surface area contributed by atoms with Gasteiger partial charge in [-0.25, -0.2) is 4.39 Å². The second-order valence-corrected chi connectivity index (χ2v) is 8.92. The molecule has 0 radical (unpaired) electrons. The van der Waals surface area contributed by atoms with Gasteiger partial charge in [-0.1, -0.05) is 12.1 Å².